The molecule has 0 bridgehead atoms. The highest BCUT2D eigenvalue weighted by atomic mass is 16.5. The number of hydrogen-bond acceptors (Lipinski definition) is 3. The van der Waals surface area contributed by atoms with Gasteiger partial charge in [0.05, 0.1) is 12.4 Å². The molecule has 4 aromatic rings. The first-order chi connectivity index (χ1) is 8.90. The van der Waals surface area contributed by atoms with Crippen LogP contribution in [0.3, 0.4) is 0 Å². The largest absolute Gasteiger partial charge is 0.352 e. The van der Waals surface area contributed by atoms with E-state index >= 15 is 0 Å². The number of pyridine rings is 2. The summed E-state index contributed by atoms with van der Waals surface area (Å²) in [4.78, 5) is 5.93. The third kappa shape index (κ3) is 1.29. The van der Waals surface area contributed by atoms with Gasteiger partial charge in [-0.15, -0.1) is 0 Å². The minimum absolute atomic E-state index is 0.738. The number of rotatable bonds is 1. The van der Waals surface area contributed by atoms with Gasteiger partial charge in [-0.2, -0.15) is 0 Å². The summed E-state index contributed by atoms with van der Waals surface area (Å²) in [5.74, 6) is 0. The lowest BCUT2D eigenvalue weighted by Crippen LogP contribution is -2.66. The van der Waals surface area contributed by atoms with Crippen LogP contribution in [0.5, 0.6) is 0 Å². The maximum atomic E-state index is 5.14. The molecule has 86 valence electrons. The van der Waals surface area contributed by atoms with Crippen molar-refractivity contribution in [3.8, 4) is 0 Å². The van der Waals surface area contributed by atoms with Crippen LogP contribution in [0.1, 0.15) is 0 Å². The molecule has 4 rings (SSSR count). The summed E-state index contributed by atoms with van der Waals surface area (Å²) in [6, 6.07) is 3.90. The second-order valence-electron chi connectivity index (χ2n) is 4.02. The third-order valence-corrected chi connectivity index (χ3v) is 2.88. The number of aromatic amines is 1. The van der Waals surface area contributed by atoms with E-state index in [1.165, 1.54) is 0 Å². The van der Waals surface area contributed by atoms with Crippen molar-refractivity contribution in [2.75, 3.05) is 0 Å². The standard InChI is InChI=1S/C12H9N5O/c1-3-13-6-11-10(1)7-17(15-11)16-4-2-9-5-14-18-12(9)8-16/h1-8,15H/q+2. The van der Waals surface area contributed by atoms with E-state index in [0.29, 0.717) is 0 Å². The van der Waals surface area contributed by atoms with Crippen LogP contribution in [0.15, 0.2) is 53.8 Å². The zero-order valence-corrected chi connectivity index (χ0v) is 9.32. The van der Waals surface area contributed by atoms with Crippen molar-refractivity contribution in [2.45, 2.75) is 0 Å². The molecule has 4 aromatic heterocycles. The molecule has 0 atom stereocenters. The Morgan fingerprint density at radius 2 is 2.11 bits per heavy atom. The minimum Gasteiger partial charge on any atom is -0.352 e. The summed E-state index contributed by atoms with van der Waals surface area (Å²) in [5, 5.41) is 9.05. The molecule has 0 unspecified atom stereocenters. The van der Waals surface area contributed by atoms with E-state index in [4.69, 9.17) is 4.52 Å². The SMILES string of the molecule is c1cc2c[n+](-[n+]3ccc4cnoc4c3)[nH]c2cn1. The van der Waals surface area contributed by atoms with Crippen LogP contribution in [0.25, 0.3) is 21.9 Å². The molecule has 0 aliphatic heterocycles. The summed E-state index contributed by atoms with van der Waals surface area (Å²) in [6.07, 6.45) is 11.0. The molecule has 0 fully saturated rings. The van der Waals surface area contributed by atoms with Crippen LogP contribution in [0.4, 0.5) is 0 Å². The first kappa shape index (κ1) is 9.29. The normalized spacial score (nSPS) is 11.3. The molecule has 6 nitrogen and oxygen atoms in total. The van der Waals surface area contributed by atoms with E-state index in [-0.39, 0.29) is 0 Å². The molecule has 0 amide bonds. The van der Waals surface area contributed by atoms with E-state index in [9.17, 15) is 0 Å². The van der Waals surface area contributed by atoms with Gasteiger partial charge >= 0.3 is 0 Å². The molecule has 0 aliphatic rings. The average molecular weight is 239 g/mol. The number of nitrogens with one attached hydrogen (secondary N) is 1. The summed E-state index contributed by atoms with van der Waals surface area (Å²) >= 11 is 0. The van der Waals surface area contributed by atoms with Gasteiger partial charge in [-0.05, 0) is 17.2 Å². The maximum absolute atomic E-state index is 5.14. The predicted octanol–water partition coefficient (Wildman–Crippen LogP) is 0.590. The minimum atomic E-state index is 0.738. The highest BCUT2D eigenvalue weighted by Gasteiger charge is 2.17. The molecule has 0 saturated carbocycles. The van der Waals surface area contributed by atoms with E-state index in [0.717, 1.165) is 21.9 Å². The Morgan fingerprint density at radius 1 is 1.11 bits per heavy atom. The average Bonchev–Trinajstić information content (AvgIpc) is 3.04. The van der Waals surface area contributed by atoms with Gasteiger partial charge in [0, 0.05) is 16.3 Å². The van der Waals surface area contributed by atoms with Gasteiger partial charge in [0.15, 0.2) is 6.20 Å². The Labute approximate surface area is 101 Å². The molecular weight excluding hydrogens is 230 g/mol. The van der Waals surface area contributed by atoms with E-state index in [2.05, 4.69) is 15.2 Å². The number of H-pyrrole nitrogens is 1. The highest BCUT2D eigenvalue weighted by Crippen LogP contribution is 2.08. The Hall–Kier alpha value is -2.76. The highest BCUT2D eigenvalue weighted by molar-refractivity contribution is 5.75. The molecule has 0 aromatic carbocycles. The van der Waals surface area contributed by atoms with Gasteiger partial charge in [0.2, 0.25) is 17.3 Å². The zero-order valence-electron chi connectivity index (χ0n) is 9.32. The molecule has 0 saturated heterocycles. The van der Waals surface area contributed by atoms with Gasteiger partial charge < -0.3 is 4.52 Å². The lowest BCUT2D eigenvalue weighted by Gasteiger charge is -1.86. The molecule has 0 radical (unpaired) electrons. The quantitative estimate of drug-likeness (QED) is 0.494. The molecule has 6 heteroatoms. The Morgan fingerprint density at radius 3 is 3.06 bits per heavy atom. The van der Waals surface area contributed by atoms with Gasteiger partial charge in [0.25, 0.3) is 6.20 Å². The maximum Gasteiger partial charge on any atom is 0.283 e. The molecular formula is C12H9N5O+2. The monoisotopic (exact) mass is 239 g/mol. The van der Waals surface area contributed by atoms with Crippen molar-refractivity contribution in [1.29, 1.82) is 0 Å². The molecule has 0 spiro atoms. The fourth-order valence-electron chi connectivity index (χ4n) is 1.96. The van der Waals surface area contributed by atoms with Crippen molar-refractivity contribution < 1.29 is 14.0 Å². The second-order valence-corrected chi connectivity index (χ2v) is 4.02. The van der Waals surface area contributed by atoms with Crippen LogP contribution in [0, 0.1) is 0 Å². The number of nitrogens with zero attached hydrogens (tertiary/aromatic N) is 4. The summed E-state index contributed by atoms with van der Waals surface area (Å²) < 4.78 is 7.03. The first-order valence-electron chi connectivity index (χ1n) is 5.51. The Bertz CT molecular complexity index is 815. The molecule has 4 heterocycles. The topological polar surface area (TPSA) is 62.5 Å². The third-order valence-electron chi connectivity index (χ3n) is 2.88. The van der Waals surface area contributed by atoms with Crippen molar-refractivity contribution >= 4 is 21.9 Å². The van der Waals surface area contributed by atoms with Crippen LogP contribution < -0.4 is 9.47 Å². The number of aromatic nitrogens is 5. The van der Waals surface area contributed by atoms with E-state index in [1.807, 2.05) is 40.2 Å². The van der Waals surface area contributed by atoms with Gasteiger partial charge in [0.1, 0.15) is 10.2 Å². The fourth-order valence-corrected chi connectivity index (χ4v) is 1.96. The zero-order chi connectivity index (χ0) is 11.9. The molecule has 18 heavy (non-hydrogen) atoms. The molecule has 0 aliphatic carbocycles. The van der Waals surface area contributed by atoms with Gasteiger partial charge in [-0.1, -0.05) is 5.16 Å². The summed E-state index contributed by atoms with van der Waals surface area (Å²) in [7, 11) is 0. The van der Waals surface area contributed by atoms with Crippen LogP contribution in [-0.4, -0.2) is 15.2 Å². The lowest BCUT2D eigenvalue weighted by atomic mass is 10.3. The lowest BCUT2D eigenvalue weighted by molar-refractivity contribution is -1.32. The number of hydrogen-bond donors (Lipinski definition) is 1. The van der Waals surface area contributed by atoms with Gasteiger partial charge in [-0.25, -0.2) is 0 Å². The molecule has 1 N–H and O–H groups in total. The smallest absolute Gasteiger partial charge is 0.283 e. The Balaban J connectivity index is 1.94. The van der Waals surface area contributed by atoms with E-state index < -0.39 is 0 Å². The Kier molecular flexibility index (Phi) is 1.74. The fraction of sp³-hybridized carbons (Fsp3) is 0. The van der Waals surface area contributed by atoms with Crippen LogP contribution in [0.2, 0.25) is 0 Å². The second kappa shape index (κ2) is 3.36. The number of fused-ring (bicyclic) bond motifs is 2. The van der Waals surface area contributed by atoms with Crippen molar-refractivity contribution in [3.05, 3.63) is 49.3 Å². The van der Waals surface area contributed by atoms with Crippen LogP contribution in [-0.2, 0) is 0 Å². The summed E-state index contributed by atoms with van der Waals surface area (Å²) in [5.41, 5.74) is 1.71. The van der Waals surface area contributed by atoms with Gasteiger partial charge in [-0.3, -0.25) is 4.98 Å². The van der Waals surface area contributed by atoms with Crippen LogP contribution >= 0.6 is 0 Å². The summed E-state index contributed by atoms with van der Waals surface area (Å²) in [6.45, 7) is 0. The van der Waals surface area contributed by atoms with Crippen molar-refractivity contribution in [2.24, 2.45) is 0 Å². The predicted molar refractivity (Wildman–Crippen MR) is 61.3 cm³/mol. The first-order valence-corrected chi connectivity index (χ1v) is 5.51. The van der Waals surface area contributed by atoms with E-state index in [1.54, 1.807) is 18.6 Å². The van der Waals surface area contributed by atoms with Crippen molar-refractivity contribution in [3.63, 3.8) is 0 Å². The van der Waals surface area contributed by atoms with Crippen molar-refractivity contribution in [1.82, 2.24) is 15.2 Å².